The highest BCUT2D eigenvalue weighted by atomic mass is 16.5. The van der Waals surface area contributed by atoms with Crippen molar-refractivity contribution in [2.45, 2.75) is 18.9 Å². The number of carboxylic acid groups (broad SMARTS) is 1. The van der Waals surface area contributed by atoms with Gasteiger partial charge in [0.15, 0.2) is 5.76 Å². The fraction of sp³-hybridized carbons (Fsp3) is 0.455. The van der Waals surface area contributed by atoms with E-state index in [2.05, 4.69) is 5.32 Å². The van der Waals surface area contributed by atoms with E-state index < -0.39 is 5.97 Å². The number of aromatic carboxylic acids is 1. The molecular formula is C11H13NO5. The van der Waals surface area contributed by atoms with Gasteiger partial charge in [0.05, 0.1) is 5.56 Å². The molecule has 0 saturated carbocycles. The van der Waals surface area contributed by atoms with Crippen LogP contribution in [0.3, 0.4) is 0 Å². The Kier molecular flexibility index (Phi) is 3.43. The van der Waals surface area contributed by atoms with E-state index in [0.29, 0.717) is 13.2 Å². The monoisotopic (exact) mass is 239 g/mol. The molecule has 92 valence electrons. The molecule has 1 fully saturated rings. The van der Waals surface area contributed by atoms with Crippen LogP contribution in [-0.2, 0) is 4.74 Å². The lowest BCUT2D eigenvalue weighted by atomic mass is 10.1. The molecule has 2 N–H and O–H groups in total. The Labute approximate surface area is 97.6 Å². The lowest BCUT2D eigenvalue weighted by Gasteiger charge is -2.22. The lowest BCUT2D eigenvalue weighted by Crippen LogP contribution is -2.38. The van der Waals surface area contributed by atoms with Gasteiger partial charge >= 0.3 is 5.97 Å². The molecule has 0 radical (unpaired) electrons. The third kappa shape index (κ3) is 2.85. The first kappa shape index (κ1) is 11.7. The van der Waals surface area contributed by atoms with Crippen LogP contribution in [0.5, 0.6) is 0 Å². The molecule has 17 heavy (non-hydrogen) atoms. The van der Waals surface area contributed by atoms with E-state index in [1.165, 1.54) is 6.07 Å². The first-order valence-corrected chi connectivity index (χ1v) is 5.37. The van der Waals surface area contributed by atoms with Crippen LogP contribution in [0.25, 0.3) is 0 Å². The molecule has 0 unspecified atom stereocenters. The number of carbonyl (C=O) groups excluding carboxylic acids is 1. The van der Waals surface area contributed by atoms with Crippen molar-refractivity contribution in [3.63, 3.8) is 0 Å². The van der Waals surface area contributed by atoms with E-state index >= 15 is 0 Å². The highest BCUT2D eigenvalue weighted by Crippen LogP contribution is 2.10. The molecule has 0 atom stereocenters. The van der Waals surface area contributed by atoms with Crippen LogP contribution in [0.2, 0.25) is 0 Å². The highest BCUT2D eigenvalue weighted by molar-refractivity contribution is 5.95. The summed E-state index contributed by atoms with van der Waals surface area (Å²) in [6.07, 6.45) is 2.58. The van der Waals surface area contributed by atoms with Crippen molar-refractivity contribution in [3.05, 3.63) is 23.7 Å². The maximum atomic E-state index is 11.7. The maximum absolute atomic E-state index is 11.7. The number of ether oxygens (including phenoxy) is 1. The van der Waals surface area contributed by atoms with E-state index in [1.807, 2.05) is 0 Å². The van der Waals surface area contributed by atoms with Crippen molar-refractivity contribution < 1.29 is 23.8 Å². The van der Waals surface area contributed by atoms with Gasteiger partial charge in [0.25, 0.3) is 5.91 Å². The summed E-state index contributed by atoms with van der Waals surface area (Å²) >= 11 is 0. The molecule has 2 heterocycles. The summed E-state index contributed by atoms with van der Waals surface area (Å²) in [5, 5.41) is 11.5. The van der Waals surface area contributed by atoms with E-state index in [-0.39, 0.29) is 23.3 Å². The van der Waals surface area contributed by atoms with E-state index in [9.17, 15) is 9.59 Å². The van der Waals surface area contributed by atoms with Gasteiger partial charge in [-0.05, 0) is 12.8 Å². The lowest BCUT2D eigenvalue weighted by molar-refractivity contribution is 0.0679. The predicted molar refractivity (Wildman–Crippen MR) is 57.0 cm³/mol. The molecule has 0 spiro atoms. The number of rotatable bonds is 3. The summed E-state index contributed by atoms with van der Waals surface area (Å²) in [4.78, 5) is 22.3. The van der Waals surface area contributed by atoms with Crippen LogP contribution < -0.4 is 5.32 Å². The summed E-state index contributed by atoms with van der Waals surface area (Å²) in [7, 11) is 0. The minimum absolute atomic E-state index is 0.0221. The second-order valence-electron chi connectivity index (χ2n) is 3.86. The topological polar surface area (TPSA) is 88.8 Å². The van der Waals surface area contributed by atoms with Crippen LogP contribution in [0, 0.1) is 0 Å². The van der Waals surface area contributed by atoms with Gasteiger partial charge in [-0.1, -0.05) is 0 Å². The van der Waals surface area contributed by atoms with E-state index in [4.69, 9.17) is 14.3 Å². The van der Waals surface area contributed by atoms with E-state index in [1.54, 1.807) is 0 Å². The Balaban J connectivity index is 1.96. The van der Waals surface area contributed by atoms with Crippen molar-refractivity contribution in [1.82, 2.24) is 5.32 Å². The van der Waals surface area contributed by atoms with Crippen molar-refractivity contribution in [2.75, 3.05) is 13.2 Å². The largest absolute Gasteiger partial charge is 0.478 e. The van der Waals surface area contributed by atoms with Crippen molar-refractivity contribution in [1.29, 1.82) is 0 Å². The number of hydrogen-bond donors (Lipinski definition) is 2. The van der Waals surface area contributed by atoms with Gasteiger partial charge in [0.2, 0.25) is 0 Å². The van der Waals surface area contributed by atoms with Crippen molar-refractivity contribution in [2.24, 2.45) is 0 Å². The van der Waals surface area contributed by atoms with Crippen molar-refractivity contribution in [3.8, 4) is 0 Å². The summed E-state index contributed by atoms with van der Waals surface area (Å²) in [5.74, 6) is -1.47. The minimum Gasteiger partial charge on any atom is -0.478 e. The smallest absolute Gasteiger partial charge is 0.338 e. The molecule has 1 amide bonds. The molecule has 6 nitrogen and oxygen atoms in total. The molecule has 1 aliphatic heterocycles. The maximum Gasteiger partial charge on any atom is 0.338 e. The van der Waals surface area contributed by atoms with Crippen LogP contribution in [0.15, 0.2) is 16.7 Å². The number of amides is 1. The Morgan fingerprint density at radius 3 is 2.65 bits per heavy atom. The van der Waals surface area contributed by atoms with Crippen LogP contribution in [-0.4, -0.2) is 36.2 Å². The molecule has 6 heteroatoms. The number of carbonyl (C=O) groups is 2. The standard InChI is InChI=1S/C11H13NO5/c13-10(12-8-1-3-16-4-2-8)9-5-7(6-17-9)11(14)15/h5-6,8H,1-4H2,(H,12,13)(H,14,15). The SMILES string of the molecule is O=C(O)c1coc(C(=O)NC2CCOCC2)c1. The molecule has 1 aliphatic rings. The van der Waals surface area contributed by atoms with Gasteiger partial charge in [0, 0.05) is 25.3 Å². The molecule has 0 bridgehead atoms. The molecule has 1 aromatic rings. The van der Waals surface area contributed by atoms with Gasteiger partial charge < -0.3 is 19.6 Å². The summed E-state index contributed by atoms with van der Waals surface area (Å²) in [6.45, 7) is 1.26. The fourth-order valence-corrected chi connectivity index (χ4v) is 1.67. The molecule has 1 saturated heterocycles. The van der Waals surface area contributed by atoms with Crippen LogP contribution in [0.1, 0.15) is 33.8 Å². The van der Waals surface area contributed by atoms with Gasteiger partial charge in [-0.2, -0.15) is 0 Å². The van der Waals surface area contributed by atoms with Gasteiger partial charge in [-0.15, -0.1) is 0 Å². The highest BCUT2D eigenvalue weighted by Gasteiger charge is 2.20. The first-order valence-electron chi connectivity index (χ1n) is 5.37. The predicted octanol–water partition coefficient (Wildman–Crippen LogP) is 0.887. The molecule has 0 aromatic carbocycles. The number of carboxylic acids is 1. The van der Waals surface area contributed by atoms with Gasteiger partial charge in [-0.3, -0.25) is 4.79 Å². The zero-order valence-electron chi connectivity index (χ0n) is 9.14. The average molecular weight is 239 g/mol. The second kappa shape index (κ2) is 5.01. The number of nitrogens with one attached hydrogen (secondary N) is 1. The normalized spacial score (nSPS) is 16.7. The summed E-state index contributed by atoms with van der Waals surface area (Å²) in [5.41, 5.74) is -0.0258. The Morgan fingerprint density at radius 1 is 1.35 bits per heavy atom. The van der Waals surface area contributed by atoms with Crippen LogP contribution >= 0.6 is 0 Å². The fourth-order valence-electron chi connectivity index (χ4n) is 1.67. The van der Waals surface area contributed by atoms with Gasteiger partial charge in [-0.25, -0.2) is 4.79 Å². The average Bonchev–Trinajstić information content (AvgIpc) is 2.79. The molecular weight excluding hydrogens is 226 g/mol. The summed E-state index contributed by atoms with van der Waals surface area (Å²) < 4.78 is 10.1. The van der Waals surface area contributed by atoms with Crippen LogP contribution in [0.4, 0.5) is 0 Å². The number of furan rings is 1. The minimum atomic E-state index is -1.11. The summed E-state index contributed by atoms with van der Waals surface area (Å²) in [6, 6.07) is 1.28. The number of hydrogen-bond acceptors (Lipinski definition) is 4. The quantitative estimate of drug-likeness (QED) is 0.817. The Bertz CT molecular complexity index is 419. The third-order valence-corrected chi connectivity index (χ3v) is 2.63. The van der Waals surface area contributed by atoms with E-state index in [0.717, 1.165) is 19.1 Å². The molecule has 0 aliphatic carbocycles. The molecule has 1 aromatic heterocycles. The first-order chi connectivity index (χ1) is 8.16. The van der Waals surface area contributed by atoms with Gasteiger partial charge in [0.1, 0.15) is 6.26 Å². The second-order valence-corrected chi connectivity index (χ2v) is 3.86. The Hall–Kier alpha value is -1.82. The zero-order chi connectivity index (χ0) is 12.3. The Morgan fingerprint density at radius 2 is 2.06 bits per heavy atom. The third-order valence-electron chi connectivity index (χ3n) is 2.63. The molecule has 2 rings (SSSR count). The van der Waals surface area contributed by atoms with Crippen molar-refractivity contribution >= 4 is 11.9 Å². The zero-order valence-corrected chi connectivity index (χ0v) is 9.14.